The molecule has 0 saturated heterocycles. The molecule has 0 spiro atoms. The quantitative estimate of drug-likeness (QED) is 0.858. The Kier molecular flexibility index (Phi) is 3.08. The lowest BCUT2D eigenvalue weighted by molar-refractivity contribution is 0.334. The average Bonchev–Trinajstić information content (AvgIpc) is 2.89. The summed E-state index contributed by atoms with van der Waals surface area (Å²) in [6.45, 7) is 2.06. The maximum absolute atomic E-state index is 5.17. The predicted octanol–water partition coefficient (Wildman–Crippen LogP) is 1.86. The first-order valence-corrected chi connectivity index (χ1v) is 5.68. The van der Waals surface area contributed by atoms with Gasteiger partial charge in [-0.05, 0) is 13.5 Å². The summed E-state index contributed by atoms with van der Waals surface area (Å²) in [5.41, 5.74) is 2.52. The fourth-order valence-electron chi connectivity index (χ4n) is 1.31. The molecule has 0 fully saturated rings. The Hall–Kier alpha value is -1.27. The highest BCUT2D eigenvalue weighted by Crippen LogP contribution is 2.19. The molecule has 2 aromatic rings. The largest absolute Gasteiger partial charge is 0.337 e. The molecule has 0 amide bonds. The first kappa shape index (κ1) is 10.3. The van der Waals surface area contributed by atoms with Gasteiger partial charge in [-0.25, -0.2) is 4.98 Å². The lowest BCUT2D eigenvalue weighted by atomic mass is 10.2. The molecule has 2 aromatic heterocycles. The Labute approximate surface area is 91.5 Å². The predicted molar refractivity (Wildman–Crippen MR) is 57.5 cm³/mol. The normalized spacial score (nSPS) is 12.9. The molecule has 5 nitrogen and oxygen atoms in total. The summed E-state index contributed by atoms with van der Waals surface area (Å²) in [7, 11) is 1.88. The Morgan fingerprint density at radius 3 is 3.07 bits per heavy atom. The van der Waals surface area contributed by atoms with Gasteiger partial charge in [0.25, 0.3) is 0 Å². The Balaban J connectivity index is 2.24. The molecule has 2 heterocycles. The van der Waals surface area contributed by atoms with Crippen molar-refractivity contribution in [3.8, 4) is 11.5 Å². The third-order valence-electron chi connectivity index (χ3n) is 2.16. The van der Waals surface area contributed by atoms with Gasteiger partial charge in [-0.1, -0.05) is 12.1 Å². The number of nitrogens with zero attached hydrogens (tertiary/aromatic N) is 3. The minimum Gasteiger partial charge on any atom is -0.337 e. The number of thiazole rings is 1. The van der Waals surface area contributed by atoms with Gasteiger partial charge in [-0.2, -0.15) is 4.98 Å². The highest BCUT2D eigenvalue weighted by atomic mass is 32.1. The van der Waals surface area contributed by atoms with Gasteiger partial charge in [0.1, 0.15) is 5.69 Å². The summed E-state index contributed by atoms with van der Waals surface area (Å²) < 4.78 is 5.17. The van der Waals surface area contributed by atoms with Crippen LogP contribution in [0.2, 0.25) is 0 Å². The summed E-state index contributed by atoms with van der Waals surface area (Å²) in [5, 5.41) is 8.90. The second kappa shape index (κ2) is 4.50. The summed E-state index contributed by atoms with van der Waals surface area (Å²) >= 11 is 1.52. The first-order valence-electron chi connectivity index (χ1n) is 4.74. The number of hydrogen-bond donors (Lipinski definition) is 1. The highest BCUT2D eigenvalue weighted by Gasteiger charge is 2.16. The smallest absolute Gasteiger partial charge is 0.244 e. The molecule has 2 rings (SSSR count). The molecule has 6 heteroatoms. The fourth-order valence-corrected chi connectivity index (χ4v) is 1.84. The van der Waals surface area contributed by atoms with Crippen LogP contribution in [0.25, 0.3) is 11.5 Å². The molecular formula is C9H12N4OS. The number of nitrogens with one attached hydrogen (secondary N) is 1. The van der Waals surface area contributed by atoms with Crippen molar-refractivity contribution < 1.29 is 4.52 Å². The van der Waals surface area contributed by atoms with E-state index in [-0.39, 0.29) is 6.04 Å². The van der Waals surface area contributed by atoms with Gasteiger partial charge in [-0.3, -0.25) is 0 Å². The molecule has 0 bridgehead atoms. The van der Waals surface area contributed by atoms with Crippen LogP contribution in [0.5, 0.6) is 0 Å². The van der Waals surface area contributed by atoms with Gasteiger partial charge in [0.05, 0.1) is 11.6 Å². The van der Waals surface area contributed by atoms with Crippen molar-refractivity contribution in [1.29, 1.82) is 0 Å². The summed E-state index contributed by atoms with van der Waals surface area (Å²) in [5.74, 6) is 1.17. The van der Waals surface area contributed by atoms with Crippen LogP contribution in [0.4, 0.5) is 0 Å². The molecule has 0 radical (unpaired) electrons. The zero-order valence-electron chi connectivity index (χ0n) is 8.60. The van der Waals surface area contributed by atoms with E-state index in [2.05, 4.69) is 27.4 Å². The van der Waals surface area contributed by atoms with Crippen LogP contribution < -0.4 is 5.32 Å². The van der Waals surface area contributed by atoms with Crippen molar-refractivity contribution in [2.45, 2.75) is 19.4 Å². The lowest BCUT2D eigenvalue weighted by Gasteiger charge is -2.06. The molecular weight excluding hydrogens is 212 g/mol. The van der Waals surface area contributed by atoms with E-state index in [1.165, 1.54) is 11.3 Å². The molecule has 1 atom stereocenters. The Morgan fingerprint density at radius 1 is 1.60 bits per heavy atom. The molecule has 0 aliphatic carbocycles. The van der Waals surface area contributed by atoms with E-state index in [4.69, 9.17) is 4.52 Å². The van der Waals surface area contributed by atoms with Crippen LogP contribution in [0.1, 0.15) is 25.3 Å². The Bertz CT molecular complexity index is 407. The summed E-state index contributed by atoms with van der Waals surface area (Å²) in [6, 6.07) is 0.116. The average molecular weight is 224 g/mol. The number of hydrogen-bond acceptors (Lipinski definition) is 6. The van der Waals surface area contributed by atoms with E-state index in [9.17, 15) is 0 Å². The van der Waals surface area contributed by atoms with Crippen LogP contribution >= 0.6 is 11.3 Å². The standard InChI is InChI=1S/C9H12N4OS/c1-3-6(10-2)9-12-8(13-14-9)7-4-15-5-11-7/h4-6,10H,3H2,1-2H3. The van der Waals surface area contributed by atoms with Crippen molar-refractivity contribution in [1.82, 2.24) is 20.4 Å². The monoisotopic (exact) mass is 224 g/mol. The summed E-state index contributed by atoms with van der Waals surface area (Å²) in [6.07, 6.45) is 0.912. The van der Waals surface area contributed by atoms with Crippen molar-refractivity contribution in [3.05, 3.63) is 16.8 Å². The molecule has 0 aliphatic rings. The van der Waals surface area contributed by atoms with Crippen LogP contribution in [0.3, 0.4) is 0 Å². The van der Waals surface area contributed by atoms with E-state index in [1.807, 2.05) is 12.4 Å². The topological polar surface area (TPSA) is 63.8 Å². The lowest BCUT2D eigenvalue weighted by Crippen LogP contribution is -2.15. The van der Waals surface area contributed by atoms with Gasteiger partial charge in [-0.15, -0.1) is 11.3 Å². The first-order chi connectivity index (χ1) is 7.35. The number of aromatic nitrogens is 3. The second-order valence-corrected chi connectivity index (χ2v) is 3.80. The van der Waals surface area contributed by atoms with Gasteiger partial charge < -0.3 is 9.84 Å². The summed E-state index contributed by atoms with van der Waals surface area (Å²) in [4.78, 5) is 8.42. The highest BCUT2D eigenvalue weighted by molar-refractivity contribution is 7.07. The molecule has 0 saturated carbocycles. The third kappa shape index (κ3) is 2.05. The number of rotatable bonds is 4. The SMILES string of the molecule is CCC(NC)c1nc(-c2cscn2)no1. The van der Waals surface area contributed by atoms with E-state index < -0.39 is 0 Å². The van der Waals surface area contributed by atoms with Crippen LogP contribution in [-0.4, -0.2) is 22.2 Å². The van der Waals surface area contributed by atoms with E-state index in [0.29, 0.717) is 11.7 Å². The van der Waals surface area contributed by atoms with Gasteiger partial charge in [0.2, 0.25) is 11.7 Å². The molecule has 0 aliphatic heterocycles. The minimum atomic E-state index is 0.116. The van der Waals surface area contributed by atoms with Gasteiger partial charge in [0, 0.05) is 5.38 Å². The molecule has 1 unspecified atom stereocenters. The second-order valence-electron chi connectivity index (χ2n) is 3.08. The third-order valence-corrected chi connectivity index (χ3v) is 2.74. The van der Waals surface area contributed by atoms with Crippen molar-refractivity contribution >= 4 is 11.3 Å². The van der Waals surface area contributed by atoms with E-state index >= 15 is 0 Å². The zero-order valence-corrected chi connectivity index (χ0v) is 9.41. The van der Waals surface area contributed by atoms with Crippen LogP contribution in [0.15, 0.2) is 15.4 Å². The van der Waals surface area contributed by atoms with Crippen LogP contribution in [-0.2, 0) is 0 Å². The maximum atomic E-state index is 5.17. The van der Waals surface area contributed by atoms with E-state index in [1.54, 1.807) is 5.51 Å². The fraction of sp³-hybridized carbons (Fsp3) is 0.444. The molecule has 1 N–H and O–H groups in total. The van der Waals surface area contributed by atoms with Crippen molar-refractivity contribution in [3.63, 3.8) is 0 Å². The van der Waals surface area contributed by atoms with Crippen molar-refractivity contribution in [2.75, 3.05) is 7.05 Å². The minimum absolute atomic E-state index is 0.116. The van der Waals surface area contributed by atoms with Gasteiger partial charge >= 0.3 is 0 Å². The van der Waals surface area contributed by atoms with Crippen molar-refractivity contribution in [2.24, 2.45) is 0 Å². The Morgan fingerprint density at radius 2 is 2.47 bits per heavy atom. The van der Waals surface area contributed by atoms with Crippen LogP contribution in [0, 0.1) is 0 Å². The molecule has 15 heavy (non-hydrogen) atoms. The van der Waals surface area contributed by atoms with Gasteiger partial charge in [0.15, 0.2) is 0 Å². The van der Waals surface area contributed by atoms with E-state index in [0.717, 1.165) is 12.1 Å². The maximum Gasteiger partial charge on any atom is 0.244 e. The zero-order chi connectivity index (χ0) is 10.7. The molecule has 80 valence electrons. The molecule has 0 aromatic carbocycles.